The Balaban J connectivity index is 1.55. The smallest absolute Gasteiger partial charge is 0.494 e. The van der Waals surface area contributed by atoms with Gasteiger partial charge in [-0.1, -0.05) is 24.3 Å². The Morgan fingerprint density at radius 3 is 2.11 bits per heavy atom. The topological polar surface area (TPSA) is 18.5 Å². The van der Waals surface area contributed by atoms with Gasteiger partial charge in [0.05, 0.1) is 6.61 Å². The van der Waals surface area contributed by atoms with Gasteiger partial charge in [0.15, 0.2) is 11.6 Å². The minimum atomic E-state index is -5.24. The number of halogens is 7. The van der Waals surface area contributed by atoms with Crippen LogP contribution < -0.4 is 9.47 Å². The first kappa shape index (κ1) is 25.3. The van der Waals surface area contributed by atoms with E-state index in [0.717, 1.165) is 12.1 Å². The van der Waals surface area contributed by atoms with Crippen molar-refractivity contribution in [1.29, 1.82) is 0 Å². The highest BCUT2D eigenvalue weighted by Gasteiger charge is 2.34. The first-order valence-electron chi connectivity index (χ1n) is 10.9. The van der Waals surface area contributed by atoms with Crippen LogP contribution in [0.2, 0.25) is 0 Å². The molecule has 36 heavy (non-hydrogen) atoms. The van der Waals surface area contributed by atoms with Gasteiger partial charge in [0, 0.05) is 17.0 Å². The zero-order chi connectivity index (χ0) is 26.0. The molecule has 0 aliphatic rings. The number of benzene rings is 4. The Hall–Kier alpha value is -3.75. The number of fused-ring (bicyclic) bond motifs is 1. The number of hydrogen-bond acceptors (Lipinski definition) is 2. The lowest BCUT2D eigenvalue weighted by Gasteiger charge is -2.12. The van der Waals surface area contributed by atoms with Crippen molar-refractivity contribution >= 4 is 10.8 Å². The molecule has 0 spiro atoms. The van der Waals surface area contributed by atoms with Crippen LogP contribution in [0.5, 0.6) is 11.5 Å². The molecule has 0 unspecified atom stereocenters. The van der Waals surface area contributed by atoms with Gasteiger partial charge in [-0.15, -0.1) is 13.2 Å². The zero-order valence-electron chi connectivity index (χ0n) is 18.9. The van der Waals surface area contributed by atoms with E-state index in [1.165, 1.54) is 18.2 Å². The second-order valence-corrected chi connectivity index (χ2v) is 7.99. The Labute approximate surface area is 201 Å². The van der Waals surface area contributed by atoms with Gasteiger partial charge in [-0.05, 0) is 72.2 Å². The molecule has 0 saturated heterocycles. The van der Waals surface area contributed by atoms with E-state index in [1.807, 2.05) is 0 Å². The fourth-order valence-electron chi connectivity index (χ4n) is 3.93. The molecule has 0 amide bonds. The molecule has 4 aromatic rings. The lowest BCUT2D eigenvalue weighted by Crippen LogP contribution is -2.19. The van der Waals surface area contributed by atoms with Crippen molar-refractivity contribution in [2.75, 3.05) is 6.61 Å². The Morgan fingerprint density at radius 1 is 0.750 bits per heavy atom. The Kier molecular flexibility index (Phi) is 7.10. The van der Waals surface area contributed by atoms with Gasteiger partial charge >= 0.3 is 6.36 Å². The van der Waals surface area contributed by atoms with E-state index in [0.29, 0.717) is 28.9 Å². The maximum absolute atomic E-state index is 15.1. The van der Waals surface area contributed by atoms with Crippen LogP contribution in [0.15, 0.2) is 60.7 Å². The molecule has 0 saturated carbocycles. The van der Waals surface area contributed by atoms with Gasteiger partial charge in [0.25, 0.3) is 0 Å². The summed E-state index contributed by atoms with van der Waals surface area (Å²) in [7, 11) is 0. The van der Waals surface area contributed by atoms with Crippen molar-refractivity contribution in [2.45, 2.75) is 26.1 Å². The molecular formula is C27H19F7O2. The zero-order valence-corrected chi connectivity index (χ0v) is 18.9. The normalized spacial score (nSPS) is 11.7. The minimum Gasteiger partial charge on any atom is -0.494 e. The van der Waals surface area contributed by atoms with Crippen LogP contribution >= 0.6 is 0 Å². The monoisotopic (exact) mass is 508 g/mol. The summed E-state index contributed by atoms with van der Waals surface area (Å²) < 4.78 is 103. The summed E-state index contributed by atoms with van der Waals surface area (Å²) >= 11 is 0. The maximum Gasteiger partial charge on any atom is 0.573 e. The van der Waals surface area contributed by atoms with E-state index in [4.69, 9.17) is 4.74 Å². The Bertz CT molecular complexity index is 1390. The van der Waals surface area contributed by atoms with E-state index in [2.05, 4.69) is 4.74 Å². The minimum absolute atomic E-state index is 0.0297. The van der Waals surface area contributed by atoms with E-state index in [1.54, 1.807) is 37.3 Å². The molecule has 9 heteroatoms. The van der Waals surface area contributed by atoms with Gasteiger partial charge in [0.1, 0.15) is 17.4 Å². The van der Waals surface area contributed by atoms with Crippen LogP contribution in [-0.2, 0) is 12.8 Å². The van der Waals surface area contributed by atoms with Crippen molar-refractivity contribution in [3.63, 3.8) is 0 Å². The summed E-state index contributed by atoms with van der Waals surface area (Å²) in [6.45, 7) is 2.19. The predicted octanol–water partition coefficient (Wildman–Crippen LogP) is 8.15. The van der Waals surface area contributed by atoms with Crippen molar-refractivity contribution in [2.24, 2.45) is 0 Å². The van der Waals surface area contributed by atoms with Crippen LogP contribution in [0.1, 0.15) is 18.1 Å². The number of rotatable bonds is 7. The largest absolute Gasteiger partial charge is 0.573 e. The number of alkyl halides is 3. The molecule has 0 heterocycles. The summed E-state index contributed by atoms with van der Waals surface area (Å²) in [6.07, 6.45) is -5.23. The molecule has 0 bridgehead atoms. The quantitative estimate of drug-likeness (QED) is 0.235. The van der Waals surface area contributed by atoms with Crippen molar-refractivity contribution in [3.8, 4) is 22.6 Å². The van der Waals surface area contributed by atoms with Gasteiger partial charge < -0.3 is 9.47 Å². The molecule has 0 fully saturated rings. The number of hydrogen-bond donors (Lipinski definition) is 0. The molecule has 0 aliphatic heterocycles. The second kappa shape index (κ2) is 10.1. The third-order valence-corrected chi connectivity index (χ3v) is 5.56. The third kappa shape index (κ3) is 5.56. The fourth-order valence-corrected chi connectivity index (χ4v) is 3.93. The van der Waals surface area contributed by atoms with E-state index < -0.39 is 35.4 Å². The molecule has 4 rings (SSSR count). The van der Waals surface area contributed by atoms with Crippen LogP contribution in [0.25, 0.3) is 21.9 Å². The first-order chi connectivity index (χ1) is 17.1. The molecule has 0 atom stereocenters. The number of ether oxygens (including phenoxy) is 2. The molecule has 4 aromatic carbocycles. The number of aryl methyl sites for hydroxylation is 2. The highest BCUT2D eigenvalue weighted by Crippen LogP contribution is 2.32. The second-order valence-electron chi connectivity index (χ2n) is 7.99. The van der Waals surface area contributed by atoms with E-state index >= 15 is 4.39 Å². The third-order valence-electron chi connectivity index (χ3n) is 5.56. The van der Waals surface area contributed by atoms with Gasteiger partial charge in [-0.2, -0.15) is 0 Å². The van der Waals surface area contributed by atoms with Crippen LogP contribution in [0, 0.1) is 23.3 Å². The molecule has 188 valence electrons. The molecule has 0 N–H and O–H groups in total. The molecule has 0 radical (unpaired) electrons. The highest BCUT2D eigenvalue weighted by atomic mass is 19.4. The summed E-state index contributed by atoms with van der Waals surface area (Å²) in [5.74, 6) is -5.18. The molecular weight excluding hydrogens is 489 g/mol. The van der Waals surface area contributed by atoms with Crippen LogP contribution in [-0.4, -0.2) is 13.0 Å². The average molecular weight is 508 g/mol. The average Bonchev–Trinajstić information content (AvgIpc) is 2.80. The summed E-state index contributed by atoms with van der Waals surface area (Å²) in [5, 5.41) is 0.793. The van der Waals surface area contributed by atoms with Crippen LogP contribution in [0.4, 0.5) is 30.7 Å². The van der Waals surface area contributed by atoms with Crippen molar-refractivity contribution in [1.82, 2.24) is 0 Å². The van der Waals surface area contributed by atoms with Gasteiger partial charge in [0.2, 0.25) is 5.75 Å². The lowest BCUT2D eigenvalue weighted by atomic mass is 9.97. The van der Waals surface area contributed by atoms with Crippen molar-refractivity contribution < 1.29 is 40.2 Å². The van der Waals surface area contributed by atoms with Gasteiger partial charge in [-0.25, -0.2) is 17.6 Å². The predicted molar refractivity (Wildman–Crippen MR) is 121 cm³/mol. The summed E-state index contributed by atoms with van der Waals surface area (Å²) in [6, 6.07) is 13.8. The maximum atomic E-state index is 15.1. The standard InChI is InChI=1S/C27H19F7O2/c1-2-35-19-8-10-20(22(28)14-19)17-7-9-21-18(13-17)6-5-16(25(21)31)4-3-15-11-23(29)26(24(30)12-15)36-27(32,33)34/h5-14H,2-4H2,1H3. The fraction of sp³-hybridized carbons (Fsp3) is 0.185. The van der Waals surface area contributed by atoms with Crippen molar-refractivity contribution in [3.05, 3.63) is 95.1 Å². The summed E-state index contributed by atoms with van der Waals surface area (Å²) in [5.41, 5.74) is 1.16. The lowest BCUT2D eigenvalue weighted by molar-refractivity contribution is -0.276. The highest BCUT2D eigenvalue weighted by molar-refractivity contribution is 5.88. The molecule has 0 aromatic heterocycles. The first-order valence-corrected chi connectivity index (χ1v) is 10.9. The Morgan fingerprint density at radius 2 is 1.47 bits per heavy atom. The molecule has 2 nitrogen and oxygen atoms in total. The van der Waals surface area contributed by atoms with Gasteiger partial charge in [-0.3, -0.25) is 0 Å². The molecule has 0 aliphatic carbocycles. The van der Waals surface area contributed by atoms with Crippen LogP contribution in [0.3, 0.4) is 0 Å². The van der Waals surface area contributed by atoms with E-state index in [-0.39, 0.29) is 29.4 Å². The van der Waals surface area contributed by atoms with E-state index in [9.17, 15) is 26.3 Å². The summed E-state index contributed by atoms with van der Waals surface area (Å²) in [4.78, 5) is 0. The SMILES string of the molecule is CCOc1ccc(-c2ccc3c(F)c(CCc4cc(F)c(OC(F)(F)F)c(F)c4)ccc3c2)c(F)c1.